The second kappa shape index (κ2) is 5.45. The van der Waals surface area contributed by atoms with E-state index in [0.29, 0.717) is 22.8 Å². The summed E-state index contributed by atoms with van der Waals surface area (Å²) >= 11 is 4.80. The largest absolute Gasteiger partial charge is 0.456 e. The summed E-state index contributed by atoms with van der Waals surface area (Å²) in [4.78, 5) is 15.2. The number of hydrogen-bond acceptors (Lipinski definition) is 4. The van der Waals surface area contributed by atoms with Gasteiger partial charge >= 0.3 is 0 Å². The molecule has 0 aliphatic rings. The van der Waals surface area contributed by atoms with Gasteiger partial charge in [-0.15, -0.1) is 0 Å². The Kier molecular flexibility index (Phi) is 3.72. The lowest BCUT2D eigenvalue weighted by molar-refractivity contribution is 0.100. The van der Waals surface area contributed by atoms with Crippen molar-refractivity contribution in [2.45, 2.75) is 0 Å². The van der Waals surface area contributed by atoms with E-state index in [0.717, 1.165) is 0 Å². The van der Waals surface area contributed by atoms with Crippen molar-refractivity contribution in [2.75, 3.05) is 0 Å². The predicted molar refractivity (Wildman–Crippen MR) is 75.2 cm³/mol. The first kappa shape index (κ1) is 13.0. The molecule has 0 saturated heterocycles. The van der Waals surface area contributed by atoms with Crippen molar-refractivity contribution in [3.8, 4) is 11.5 Å². The van der Waals surface area contributed by atoms with Crippen LogP contribution in [0.4, 0.5) is 0 Å². The number of amides is 1. The van der Waals surface area contributed by atoms with Gasteiger partial charge in [-0.05, 0) is 36.4 Å². The lowest BCUT2D eigenvalue weighted by Gasteiger charge is -2.06. The number of pyridine rings is 1. The van der Waals surface area contributed by atoms with Crippen molar-refractivity contribution in [1.29, 1.82) is 0 Å². The van der Waals surface area contributed by atoms with Gasteiger partial charge in [-0.3, -0.25) is 4.79 Å². The Morgan fingerprint density at radius 1 is 1.05 bits per heavy atom. The first-order chi connectivity index (χ1) is 9.06. The maximum atomic E-state index is 10.9. The number of aromatic nitrogens is 1. The van der Waals surface area contributed by atoms with Gasteiger partial charge in [0.2, 0.25) is 5.91 Å². The van der Waals surface area contributed by atoms with Gasteiger partial charge in [0.1, 0.15) is 16.5 Å². The number of hydrogen-bond donors (Lipinski definition) is 2. The number of carbonyl (C=O) groups excluding carboxylic acids is 1. The molecule has 0 radical (unpaired) electrons. The SMILES string of the molecule is NC(=O)c1ccc(Oc2ccc(C(N)=S)nc2)cc1. The first-order valence-corrected chi connectivity index (χ1v) is 5.80. The summed E-state index contributed by atoms with van der Waals surface area (Å²) in [6.45, 7) is 0. The molecule has 0 atom stereocenters. The zero-order valence-corrected chi connectivity index (χ0v) is 10.7. The van der Waals surface area contributed by atoms with Crippen LogP contribution in [0.3, 0.4) is 0 Å². The molecule has 0 saturated carbocycles. The summed E-state index contributed by atoms with van der Waals surface area (Å²) in [7, 11) is 0. The van der Waals surface area contributed by atoms with E-state index in [1.165, 1.54) is 6.20 Å². The van der Waals surface area contributed by atoms with Gasteiger partial charge in [0.05, 0.1) is 11.9 Å². The van der Waals surface area contributed by atoms with Crippen LogP contribution in [0.5, 0.6) is 11.5 Å². The molecule has 96 valence electrons. The molecule has 1 amide bonds. The number of rotatable bonds is 4. The molecule has 2 aromatic rings. The Morgan fingerprint density at radius 3 is 2.16 bits per heavy atom. The van der Waals surface area contributed by atoms with Gasteiger partial charge < -0.3 is 16.2 Å². The van der Waals surface area contributed by atoms with Gasteiger partial charge in [0.15, 0.2) is 0 Å². The van der Waals surface area contributed by atoms with Crippen LogP contribution < -0.4 is 16.2 Å². The van der Waals surface area contributed by atoms with E-state index in [1.54, 1.807) is 36.4 Å². The van der Waals surface area contributed by atoms with Crippen molar-refractivity contribution in [1.82, 2.24) is 4.98 Å². The molecule has 0 aliphatic carbocycles. The molecule has 4 N–H and O–H groups in total. The van der Waals surface area contributed by atoms with E-state index in [1.807, 2.05) is 0 Å². The Hall–Kier alpha value is -2.47. The highest BCUT2D eigenvalue weighted by atomic mass is 32.1. The number of benzene rings is 1. The minimum atomic E-state index is -0.478. The molecule has 0 spiro atoms. The Labute approximate surface area is 115 Å². The molecule has 0 aliphatic heterocycles. The van der Waals surface area contributed by atoms with Crippen LogP contribution in [-0.4, -0.2) is 15.9 Å². The summed E-state index contributed by atoms with van der Waals surface area (Å²) in [5.74, 6) is 0.649. The van der Waals surface area contributed by atoms with Gasteiger partial charge in [-0.2, -0.15) is 0 Å². The fraction of sp³-hybridized carbons (Fsp3) is 0. The fourth-order valence-electron chi connectivity index (χ4n) is 1.41. The normalized spacial score (nSPS) is 9.89. The number of nitrogens with zero attached hydrogens (tertiary/aromatic N) is 1. The number of thiocarbonyl (C=S) groups is 1. The zero-order valence-electron chi connectivity index (χ0n) is 9.87. The smallest absolute Gasteiger partial charge is 0.248 e. The molecular weight excluding hydrogens is 262 g/mol. The van der Waals surface area contributed by atoms with E-state index in [2.05, 4.69) is 4.98 Å². The topological polar surface area (TPSA) is 91.2 Å². The molecule has 1 aromatic carbocycles. The van der Waals surface area contributed by atoms with Crippen molar-refractivity contribution in [3.05, 3.63) is 53.9 Å². The highest BCUT2D eigenvalue weighted by Gasteiger charge is 2.03. The monoisotopic (exact) mass is 273 g/mol. The van der Waals surface area contributed by atoms with E-state index in [-0.39, 0.29) is 4.99 Å². The van der Waals surface area contributed by atoms with Crippen LogP contribution in [-0.2, 0) is 0 Å². The number of carbonyl (C=O) groups is 1. The van der Waals surface area contributed by atoms with Gasteiger partial charge in [0.25, 0.3) is 0 Å². The average molecular weight is 273 g/mol. The molecule has 0 bridgehead atoms. The molecular formula is C13H11N3O2S. The molecule has 0 fully saturated rings. The third kappa shape index (κ3) is 3.26. The minimum absolute atomic E-state index is 0.234. The Bertz CT molecular complexity index is 553. The molecule has 0 unspecified atom stereocenters. The standard InChI is InChI=1S/C13H11N3O2S/c14-12(17)8-1-3-9(4-2-8)18-10-5-6-11(13(15)19)16-7-10/h1-7H,(H2,14,17)(H2,15,19). The molecule has 2 rings (SSSR count). The average Bonchev–Trinajstić information content (AvgIpc) is 2.40. The summed E-state index contributed by atoms with van der Waals surface area (Å²) in [6, 6.07) is 9.88. The number of primary amides is 1. The zero-order chi connectivity index (χ0) is 13.8. The molecule has 6 heteroatoms. The maximum absolute atomic E-state index is 10.9. The van der Waals surface area contributed by atoms with Crippen LogP contribution in [0.25, 0.3) is 0 Å². The molecule has 19 heavy (non-hydrogen) atoms. The fourth-order valence-corrected chi connectivity index (χ4v) is 1.53. The summed E-state index contributed by atoms with van der Waals surface area (Å²) < 4.78 is 5.55. The maximum Gasteiger partial charge on any atom is 0.248 e. The second-order valence-corrected chi connectivity index (χ2v) is 4.17. The molecule has 1 heterocycles. The highest BCUT2D eigenvalue weighted by molar-refractivity contribution is 7.80. The quantitative estimate of drug-likeness (QED) is 0.826. The lowest BCUT2D eigenvalue weighted by Crippen LogP contribution is -2.11. The minimum Gasteiger partial charge on any atom is -0.456 e. The number of nitrogens with two attached hydrogens (primary N) is 2. The van der Waals surface area contributed by atoms with Crippen molar-refractivity contribution < 1.29 is 9.53 Å². The van der Waals surface area contributed by atoms with Gasteiger partial charge in [-0.25, -0.2) is 4.98 Å². The Morgan fingerprint density at radius 2 is 1.68 bits per heavy atom. The van der Waals surface area contributed by atoms with Crippen LogP contribution >= 0.6 is 12.2 Å². The second-order valence-electron chi connectivity index (χ2n) is 3.73. The van der Waals surface area contributed by atoms with Crippen LogP contribution in [0, 0.1) is 0 Å². The van der Waals surface area contributed by atoms with Gasteiger partial charge in [-0.1, -0.05) is 12.2 Å². The Balaban J connectivity index is 2.12. The van der Waals surface area contributed by atoms with Crippen molar-refractivity contribution in [3.63, 3.8) is 0 Å². The third-order valence-corrected chi connectivity index (χ3v) is 2.57. The predicted octanol–water partition coefficient (Wildman–Crippen LogP) is 1.61. The summed E-state index contributed by atoms with van der Waals surface area (Å²) in [5.41, 5.74) is 11.6. The van der Waals surface area contributed by atoms with Crippen LogP contribution in [0.1, 0.15) is 16.1 Å². The first-order valence-electron chi connectivity index (χ1n) is 5.40. The van der Waals surface area contributed by atoms with E-state index in [4.69, 9.17) is 28.4 Å². The molecule has 1 aromatic heterocycles. The number of ether oxygens (including phenoxy) is 1. The van der Waals surface area contributed by atoms with E-state index < -0.39 is 5.91 Å². The van der Waals surface area contributed by atoms with Gasteiger partial charge in [0, 0.05) is 5.56 Å². The van der Waals surface area contributed by atoms with Crippen LogP contribution in [0.2, 0.25) is 0 Å². The molecule has 5 nitrogen and oxygen atoms in total. The van der Waals surface area contributed by atoms with E-state index in [9.17, 15) is 4.79 Å². The van der Waals surface area contributed by atoms with E-state index >= 15 is 0 Å². The van der Waals surface area contributed by atoms with Crippen molar-refractivity contribution in [2.24, 2.45) is 11.5 Å². The summed E-state index contributed by atoms with van der Waals surface area (Å²) in [6.07, 6.45) is 1.52. The summed E-state index contributed by atoms with van der Waals surface area (Å²) in [5, 5.41) is 0. The van der Waals surface area contributed by atoms with Crippen molar-refractivity contribution >= 4 is 23.1 Å². The third-order valence-electron chi connectivity index (χ3n) is 2.36. The van der Waals surface area contributed by atoms with Crippen LogP contribution in [0.15, 0.2) is 42.6 Å². The lowest BCUT2D eigenvalue weighted by atomic mass is 10.2. The highest BCUT2D eigenvalue weighted by Crippen LogP contribution is 2.20.